The molecule has 0 radical (unpaired) electrons. The van der Waals surface area contributed by atoms with E-state index in [0.29, 0.717) is 5.02 Å². The first kappa shape index (κ1) is 13.4. The first-order chi connectivity index (χ1) is 9.74. The van der Waals surface area contributed by atoms with Crippen LogP contribution in [0.2, 0.25) is 5.02 Å². The van der Waals surface area contributed by atoms with Crippen molar-refractivity contribution in [1.29, 1.82) is 0 Å². The quantitative estimate of drug-likeness (QED) is 0.699. The van der Waals surface area contributed by atoms with E-state index in [9.17, 15) is 0 Å². The normalized spacial score (nSPS) is 10.7. The van der Waals surface area contributed by atoms with Gasteiger partial charge in [0.05, 0.1) is 10.5 Å². The number of aromatic nitrogens is 1. The van der Waals surface area contributed by atoms with Crippen molar-refractivity contribution >= 4 is 44.1 Å². The lowest BCUT2D eigenvalue weighted by Crippen LogP contribution is -2.00. The van der Waals surface area contributed by atoms with Gasteiger partial charge in [0.1, 0.15) is 0 Å². The molecule has 4 heteroatoms. The van der Waals surface area contributed by atoms with Gasteiger partial charge in [-0.2, -0.15) is 0 Å². The zero-order valence-corrected chi connectivity index (χ0v) is 12.9. The maximum atomic E-state index is 5.99. The van der Waals surface area contributed by atoms with Crippen LogP contribution in [0.15, 0.2) is 59.2 Å². The first-order valence-corrected chi connectivity index (χ1v) is 7.43. The van der Waals surface area contributed by atoms with Gasteiger partial charge in [0, 0.05) is 28.3 Å². The molecule has 0 aliphatic rings. The van der Waals surface area contributed by atoms with Crippen LogP contribution in [-0.2, 0) is 6.54 Å². The van der Waals surface area contributed by atoms with Crippen LogP contribution in [0.1, 0.15) is 5.56 Å². The summed E-state index contributed by atoms with van der Waals surface area (Å²) in [6, 6.07) is 16.1. The maximum absolute atomic E-state index is 5.99. The molecular weight excluding hydrogens is 336 g/mol. The highest BCUT2D eigenvalue weighted by molar-refractivity contribution is 9.10. The van der Waals surface area contributed by atoms with Gasteiger partial charge >= 0.3 is 0 Å². The minimum absolute atomic E-state index is 0.711. The van der Waals surface area contributed by atoms with Gasteiger partial charge in [0.2, 0.25) is 0 Å². The summed E-state index contributed by atoms with van der Waals surface area (Å²) >= 11 is 9.42. The standard InChI is InChI=1S/C16H12BrClN2/c17-14-9-13(6-7-15(14)18)20-10-12-4-1-3-11-5-2-8-19-16(11)12/h1-9,20H,10H2. The Kier molecular flexibility index (Phi) is 3.90. The number of halogens is 2. The lowest BCUT2D eigenvalue weighted by Gasteiger charge is -2.09. The Labute approximate surface area is 130 Å². The molecule has 1 heterocycles. The molecule has 1 N–H and O–H groups in total. The first-order valence-electron chi connectivity index (χ1n) is 6.25. The number of anilines is 1. The summed E-state index contributed by atoms with van der Waals surface area (Å²) < 4.78 is 0.889. The van der Waals surface area contributed by atoms with Crippen molar-refractivity contribution in [2.75, 3.05) is 5.32 Å². The van der Waals surface area contributed by atoms with Crippen molar-refractivity contribution < 1.29 is 0 Å². The van der Waals surface area contributed by atoms with E-state index in [2.05, 4.69) is 50.5 Å². The summed E-state index contributed by atoms with van der Waals surface area (Å²) in [5, 5.41) is 5.26. The summed E-state index contributed by atoms with van der Waals surface area (Å²) in [4.78, 5) is 4.45. The molecule has 2 aromatic carbocycles. The molecular formula is C16H12BrClN2. The molecule has 3 aromatic rings. The van der Waals surface area contributed by atoms with Crippen LogP contribution in [0.25, 0.3) is 10.9 Å². The van der Waals surface area contributed by atoms with E-state index in [1.165, 1.54) is 5.56 Å². The van der Waals surface area contributed by atoms with Gasteiger partial charge in [-0.3, -0.25) is 4.98 Å². The van der Waals surface area contributed by atoms with Gasteiger partial charge in [-0.1, -0.05) is 35.9 Å². The Morgan fingerprint density at radius 1 is 1.10 bits per heavy atom. The summed E-state index contributed by atoms with van der Waals surface area (Å²) in [5.41, 5.74) is 3.24. The van der Waals surface area contributed by atoms with Crippen LogP contribution in [-0.4, -0.2) is 4.98 Å². The molecule has 0 fully saturated rings. The summed E-state index contributed by atoms with van der Waals surface area (Å²) in [7, 11) is 0. The van der Waals surface area contributed by atoms with Crippen molar-refractivity contribution in [3.63, 3.8) is 0 Å². The van der Waals surface area contributed by atoms with Crippen LogP contribution in [0.3, 0.4) is 0 Å². The summed E-state index contributed by atoms with van der Waals surface area (Å²) in [6.07, 6.45) is 1.82. The number of nitrogens with zero attached hydrogens (tertiary/aromatic N) is 1. The fourth-order valence-corrected chi connectivity index (χ4v) is 2.61. The zero-order valence-electron chi connectivity index (χ0n) is 10.6. The Hall–Kier alpha value is -1.58. The Bertz CT molecular complexity index is 753. The van der Waals surface area contributed by atoms with Gasteiger partial charge in [0.25, 0.3) is 0 Å². The second-order valence-corrected chi connectivity index (χ2v) is 5.74. The fourth-order valence-electron chi connectivity index (χ4n) is 2.11. The van der Waals surface area contributed by atoms with Crippen LogP contribution in [0, 0.1) is 0 Å². The largest absolute Gasteiger partial charge is 0.381 e. The predicted molar refractivity (Wildman–Crippen MR) is 88.2 cm³/mol. The summed E-state index contributed by atoms with van der Waals surface area (Å²) in [5.74, 6) is 0. The smallest absolute Gasteiger partial charge is 0.0751 e. The Morgan fingerprint density at radius 2 is 1.95 bits per heavy atom. The van der Waals surface area contributed by atoms with Crippen molar-refractivity contribution in [3.05, 3.63) is 69.8 Å². The number of para-hydroxylation sites is 1. The minimum Gasteiger partial charge on any atom is -0.381 e. The molecule has 0 saturated carbocycles. The molecule has 0 amide bonds. The minimum atomic E-state index is 0.711. The molecule has 0 saturated heterocycles. The molecule has 3 rings (SSSR count). The van der Waals surface area contributed by atoms with Gasteiger partial charge in [-0.15, -0.1) is 0 Å². The maximum Gasteiger partial charge on any atom is 0.0751 e. The molecule has 0 aliphatic heterocycles. The number of hydrogen-bond donors (Lipinski definition) is 1. The lowest BCUT2D eigenvalue weighted by atomic mass is 10.1. The Balaban J connectivity index is 1.85. The van der Waals surface area contributed by atoms with Gasteiger partial charge in [-0.05, 0) is 45.8 Å². The second kappa shape index (κ2) is 5.81. The van der Waals surface area contributed by atoms with Crippen molar-refractivity contribution in [3.8, 4) is 0 Å². The third-order valence-corrected chi connectivity index (χ3v) is 4.33. The van der Waals surface area contributed by atoms with E-state index in [4.69, 9.17) is 11.6 Å². The number of fused-ring (bicyclic) bond motifs is 1. The molecule has 0 unspecified atom stereocenters. The third-order valence-electron chi connectivity index (χ3n) is 3.12. The zero-order chi connectivity index (χ0) is 13.9. The highest BCUT2D eigenvalue weighted by Crippen LogP contribution is 2.26. The van der Waals surface area contributed by atoms with Gasteiger partial charge in [0.15, 0.2) is 0 Å². The van der Waals surface area contributed by atoms with Crippen molar-refractivity contribution in [2.45, 2.75) is 6.54 Å². The molecule has 0 atom stereocenters. The molecule has 0 aliphatic carbocycles. The number of rotatable bonds is 3. The van der Waals surface area contributed by atoms with E-state index in [-0.39, 0.29) is 0 Å². The average Bonchev–Trinajstić information content (AvgIpc) is 2.48. The number of benzene rings is 2. The highest BCUT2D eigenvalue weighted by Gasteiger charge is 2.03. The SMILES string of the molecule is Clc1ccc(NCc2cccc3cccnc23)cc1Br. The Morgan fingerprint density at radius 3 is 2.80 bits per heavy atom. The van der Waals surface area contributed by atoms with Crippen LogP contribution < -0.4 is 5.32 Å². The topological polar surface area (TPSA) is 24.9 Å². The fraction of sp³-hybridized carbons (Fsp3) is 0.0625. The second-order valence-electron chi connectivity index (χ2n) is 4.47. The van der Waals surface area contributed by atoms with Gasteiger partial charge in [-0.25, -0.2) is 0 Å². The average molecular weight is 348 g/mol. The van der Waals surface area contributed by atoms with E-state index < -0.39 is 0 Å². The molecule has 20 heavy (non-hydrogen) atoms. The molecule has 0 bridgehead atoms. The van der Waals surface area contributed by atoms with E-state index in [1.807, 2.05) is 30.5 Å². The van der Waals surface area contributed by atoms with E-state index in [1.54, 1.807) is 0 Å². The predicted octanol–water partition coefficient (Wildman–Crippen LogP) is 5.26. The van der Waals surface area contributed by atoms with Crippen LogP contribution in [0.5, 0.6) is 0 Å². The lowest BCUT2D eigenvalue weighted by molar-refractivity contribution is 1.15. The monoisotopic (exact) mass is 346 g/mol. The van der Waals surface area contributed by atoms with E-state index in [0.717, 1.165) is 27.6 Å². The number of pyridine rings is 1. The number of nitrogens with one attached hydrogen (secondary N) is 1. The van der Waals surface area contributed by atoms with Gasteiger partial charge < -0.3 is 5.32 Å². The molecule has 1 aromatic heterocycles. The van der Waals surface area contributed by atoms with Crippen LogP contribution in [0.4, 0.5) is 5.69 Å². The highest BCUT2D eigenvalue weighted by atomic mass is 79.9. The van der Waals surface area contributed by atoms with E-state index >= 15 is 0 Å². The number of hydrogen-bond acceptors (Lipinski definition) is 2. The molecule has 0 spiro atoms. The molecule has 2 nitrogen and oxygen atoms in total. The van der Waals surface area contributed by atoms with Crippen molar-refractivity contribution in [1.82, 2.24) is 4.98 Å². The van der Waals surface area contributed by atoms with Crippen LogP contribution >= 0.6 is 27.5 Å². The summed E-state index contributed by atoms with van der Waals surface area (Å²) in [6.45, 7) is 0.725. The van der Waals surface area contributed by atoms with Crippen molar-refractivity contribution in [2.24, 2.45) is 0 Å². The molecule has 100 valence electrons. The third kappa shape index (κ3) is 2.79.